The molecule has 8 nitrogen and oxygen atoms in total. The van der Waals surface area contributed by atoms with Crippen LogP contribution < -0.4 is 0 Å². The Morgan fingerprint density at radius 2 is 1.82 bits per heavy atom. The molecule has 1 unspecified atom stereocenters. The van der Waals surface area contributed by atoms with Crippen LogP contribution in [0.1, 0.15) is 34.1 Å². The van der Waals surface area contributed by atoms with Crippen LogP contribution in [-0.2, 0) is 14.3 Å². The Kier molecular flexibility index (Phi) is 5.26. The molecular formula is C14H24N2O6. The lowest BCUT2D eigenvalue weighted by molar-refractivity contribution is -0.159. The van der Waals surface area contributed by atoms with E-state index in [1.54, 1.807) is 27.7 Å². The fourth-order valence-electron chi connectivity index (χ4n) is 2.47. The Labute approximate surface area is 130 Å². The lowest BCUT2D eigenvalue weighted by Crippen LogP contribution is -2.68. The smallest absolute Gasteiger partial charge is 0.411 e. The first-order valence-corrected chi connectivity index (χ1v) is 7.14. The topological polar surface area (TPSA) is 96.4 Å². The molecule has 1 rings (SSSR count). The maximum absolute atomic E-state index is 12.4. The second-order valence-corrected chi connectivity index (χ2v) is 6.21. The van der Waals surface area contributed by atoms with Crippen molar-refractivity contribution in [2.24, 2.45) is 0 Å². The molecule has 8 heteroatoms. The number of amides is 2. The Morgan fingerprint density at radius 1 is 1.23 bits per heavy atom. The van der Waals surface area contributed by atoms with E-state index in [0.717, 1.165) is 4.90 Å². The van der Waals surface area contributed by atoms with E-state index in [2.05, 4.69) is 0 Å². The number of carboxylic acid groups (broad SMARTS) is 1. The van der Waals surface area contributed by atoms with Gasteiger partial charge < -0.3 is 19.5 Å². The van der Waals surface area contributed by atoms with Gasteiger partial charge in [-0.1, -0.05) is 6.92 Å². The molecule has 1 saturated heterocycles. The van der Waals surface area contributed by atoms with E-state index in [1.165, 1.54) is 12.0 Å². The van der Waals surface area contributed by atoms with Gasteiger partial charge in [0.05, 0.1) is 13.7 Å². The average Bonchev–Trinajstić information content (AvgIpc) is 2.43. The zero-order chi connectivity index (χ0) is 17.1. The summed E-state index contributed by atoms with van der Waals surface area (Å²) in [6, 6.07) is 0. The Morgan fingerprint density at radius 3 is 2.23 bits per heavy atom. The molecule has 0 aliphatic carbocycles. The first-order valence-electron chi connectivity index (χ1n) is 7.14. The van der Waals surface area contributed by atoms with Gasteiger partial charge in [-0.05, 0) is 27.2 Å². The van der Waals surface area contributed by atoms with Crippen molar-refractivity contribution in [3.8, 4) is 0 Å². The van der Waals surface area contributed by atoms with Crippen molar-refractivity contribution in [1.29, 1.82) is 0 Å². The Balaban J connectivity index is 3.15. The number of methoxy groups -OCH3 is 1. The molecule has 1 heterocycles. The molecule has 22 heavy (non-hydrogen) atoms. The third kappa shape index (κ3) is 3.61. The second kappa shape index (κ2) is 6.41. The molecule has 0 aromatic heterocycles. The van der Waals surface area contributed by atoms with E-state index in [4.69, 9.17) is 9.47 Å². The first kappa shape index (κ1) is 18.1. The standard InChI is InChI=1S/C14H24N2O6/c1-6-14(10(17)21-5)9-15(11(18)19)7-8-16(14)12(20)22-13(2,3)4/h6-9H2,1-5H3,(H,18,19). The first-order chi connectivity index (χ1) is 10.1. The highest BCUT2D eigenvalue weighted by Gasteiger charge is 2.52. The molecule has 1 fully saturated rings. The molecule has 2 amide bonds. The predicted molar refractivity (Wildman–Crippen MR) is 77.6 cm³/mol. The summed E-state index contributed by atoms with van der Waals surface area (Å²) in [5.41, 5.74) is -2.08. The molecule has 126 valence electrons. The fraction of sp³-hybridized carbons (Fsp3) is 0.786. The molecule has 1 N–H and O–H groups in total. The molecule has 0 saturated carbocycles. The second-order valence-electron chi connectivity index (χ2n) is 6.21. The maximum atomic E-state index is 12.4. The van der Waals surface area contributed by atoms with Crippen molar-refractivity contribution < 1.29 is 29.0 Å². The van der Waals surface area contributed by atoms with E-state index < -0.39 is 29.3 Å². The van der Waals surface area contributed by atoms with Crippen LogP contribution in [-0.4, -0.2) is 70.9 Å². The SMILES string of the molecule is CCC1(C(=O)OC)CN(C(=O)O)CCN1C(=O)OC(C)(C)C. The minimum absolute atomic E-state index is 0.0736. The van der Waals surface area contributed by atoms with Gasteiger partial charge in [-0.2, -0.15) is 0 Å². The fourth-order valence-corrected chi connectivity index (χ4v) is 2.47. The zero-order valence-corrected chi connectivity index (χ0v) is 13.7. The van der Waals surface area contributed by atoms with E-state index in [1.807, 2.05) is 0 Å². The molecule has 1 aliphatic rings. The van der Waals surface area contributed by atoms with E-state index in [9.17, 15) is 19.5 Å². The van der Waals surface area contributed by atoms with Crippen molar-refractivity contribution in [3.63, 3.8) is 0 Å². The molecule has 0 radical (unpaired) electrons. The normalized spacial score (nSPS) is 22.2. The summed E-state index contributed by atoms with van der Waals surface area (Å²) in [4.78, 5) is 38.3. The van der Waals surface area contributed by atoms with Crippen molar-refractivity contribution in [3.05, 3.63) is 0 Å². The monoisotopic (exact) mass is 316 g/mol. The Bertz CT molecular complexity index is 459. The molecule has 1 atom stereocenters. The highest BCUT2D eigenvalue weighted by atomic mass is 16.6. The van der Waals surface area contributed by atoms with Gasteiger partial charge in [0.2, 0.25) is 0 Å². The van der Waals surface area contributed by atoms with Crippen LogP contribution in [0, 0.1) is 0 Å². The van der Waals surface area contributed by atoms with Gasteiger partial charge >= 0.3 is 18.2 Å². The molecular weight excluding hydrogens is 292 g/mol. The van der Waals surface area contributed by atoms with Crippen LogP contribution >= 0.6 is 0 Å². The molecule has 0 spiro atoms. The van der Waals surface area contributed by atoms with Crippen molar-refractivity contribution in [1.82, 2.24) is 9.80 Å². The summed E-state index contributed by atoms with van der Waals surface area (Å²) >= 11 is 0. The number of carbonyl (C=O) groups excluding carboxylic acids is 2. The third-order valence-corrected chi connectivity index (χ3v) is 3.60. The highest BCUT2D eigenvalue weighted by Crippen LogP contribution is 2.29. The number of piperazine rings is 1. The summed E-state index contributed by atoms with van der Waals surface area (Å²) in [6.45, 7) is 6.94. The lowest BCUT2D eigenvalue weighted by atomic mass is 9.91. The van der Waals surface area contributed by atoms with Gasteiger partial charge in [-0.25, -0.2) is 14.4 Å². The number of esters is 1. The number of hydrogen-bond donors (Lipinski definition) is 1. The van der Waals surface area contributed by atoms with Gasteiger partial charge in [0.15, 0.2) is 5.54 Å². The van der Waals surface area contributed by atoms with Gasteiger partial charge in [0, 0.05) is 13.1 Å². The van der Waals surface area contributed by atoms with E-state index in [-0.39, 0.29) is 26.1 Å². The number of carbonyl (C=O) groups is 3. The van der Waals surface area contributed by atoms with Crippen molar-refractivity contribution in [2.45, 2.75) is 45.3 Å². The van der Waals surface area contributed by atoms with Crippen LogP contribution in [0.25, 0.3) is 0 Å². The van der Waals surface area contributed by atoms with E-state index >= 15 is 0 Å². The Hall–Kier alpha value is -1.99. The van der Waals surface area contributed by atoms with Crippen LogP contribution in [0.4, 0.5) is 9.59 Å². The minimum Gasteiger partial charge on any atom is -0.467 e. The van der Waals surface area contributed by atoms with Gasteiger partial charge in [0.1, 0.15) is 5.60 Å². The summed E-state index contributed by atoms with van der Waals surface area (Å²) < 4.78 is 10.2. The quantitative estimate of drug-likeness (QED) is 0.776. The van der Waals surface area contributed by atoms with Crippen LogP contribution in [0.3, 0.4) is 0 Å². The van der Waals surface area contributed by atoms with Gasteiger partial charge in [0.25, 0.3) is 0 Å². The summed E-state index contributed by atoms with van der Waals surface area (Å²) in [7, 11) is 1.22. The number of rotatable bonds is 2. The summed E-state index contributed by atoms with van der Waals surface area (Å²) in [5, 5.41) is 9.17. The van der Waals surface area contributed by atoms with E-state index in [0.29, 0.717) is 0 Å². The zero-order valence-electron chi connectivity index (χ0n) is 13.7. The largest absolute Gasteiger partial charge is 0.467 e. The minimum atomic E-state index is -1.37. The molecule has 0 aromatic carbocycles. The van der Waals surface area contributed by atoms with Crippen molar-refractivity contribution >= 4 is 18.2 Å². The van der Waals surface area contributed by atoms with Crippen LogP contribution in [0.5, 0.6) is 0 Å². The third-order valence-electron chi connectivity index (χ3n) is 3.60. The highest BCUT2D eigenvalue weighted by molar-refractivity contribution is 5.87. The molecule has 0 bridgehead atoms. The van der Waals surface area contributed by atoms with Crippen LogP contribution in [0.15, 0.2) is 0 Å². The number of hydrogen-bond acceptors (Lipinski definition) is 5. The number of nitrogens with zero attached hydrogens (tertiary/aromatic N) is 2. The lowest BCUT2D eigenvalue weighted by Gasteiger charge is -2.47. The molecule has 1 aliphatic heterocycles. The maximum Gasteiger partial charge on any atom is 0.411 e. The van der Waals surface area contributed by atoms with Crippen LogP contribution in [0.2, 0.25) is 0 Å². The average molecular weight is 316 g/mol. The predicted octanol–water partition coefficient (Wildman–Crippen LogP) is 1.54. The summed E-state index contributed by atoms with van der Waals surface area (Å²) in [5.74, 6) is -0.646. The van der Waals surface area contributed by atoms with Crippen molar-refractivity contribution in [2.75, 3.05) is 26.7 Å². The van der Waals surface area contributed by atoms with Gasteiger partial charge in [-0.15, -0.1) is 0 Å². The number of ether oxygens (including phenoxy) is 2. The molecule has 0 aromatic rings. The van der Waals surface area contributed by atoms with Gasteiger partial charge in [-0.3, -0.25) is 4.90 Å². The summed E-state index contributed by atoms with van der Waals surface area (Å²) in [6.07, 6.45) is -1.56.